The molecular formula is C10H9ClN2. The molecule has 1 aromatic rings. The summed E-state index contributed by atoms with van der Waals surface area (Å²) in [5.41, 5.74) is 0.485. The predicted molar refractivity (Wildman–Crippen MR) is 50.4 cm³/mol. The molecule has 1 aliphatic rings. The Balaban J connectivity index is 2.40. The van der Waals surface area contributed by atoms with E-state index in [1.165, 1.54) is 0 Å². The number of aromatic nitrogens is 1. The molecule has 66 valence electrons. The molecule has 0 aromatic carbocycles. The van der Waals surface area contributed by atoms with Crippen molar-refractivity contribution in [2.45, 2.75) is 24.7 Å². The minimum Gasteiger partial charge on any atom is -0.239 e. The van der Waals surface area contributed by atoms with Crippen molar-refractivity contribution in [3.8, 4) is 6.07 Å². The molecule has 2 nitrogen and oxygen atoms in total. The number of rotatable bonds is 1. The molecule has 1 heterocycles. The zero-order valence-corrected chi connectivity index (χ0v) is 7.88. The fourth-order valence-corrected chi connectivity index (χ4v) is 1.79. The highest BCUT2D eigenvalue weighted by Crippen LogP contribution is 2.42. The molecule has 0 atom stereocenters. The average molecular weight is 193 g/mol. The van der Waals surface area contributed by atoms with Gasteiger partial charge < -0.3 is 0 Å². The van der Waals surface area contributed by atoms with Gasteiger partial charge in [0.2, 0.25) is 0 Å². The van der Waals surface area contributed by atoms with Gasteiger partial charge in [-0.25, -0.2) is 4.98 Å². The number of nitrogens with zero attached hydrogens (tertiary/aromatic N) is 2. The van der Waals surface area contributed by atoms with Crippen LogP contribution >= 0.6 is 11.6 Å². The molecular weight excluding hydrogens is 184 g/mol. The molecule has 0 aliphatic heterocycles. The van der Waals surface area contributed by atoms with E-state index >= 15 is 0 Å². The van der Waals surface area contributed by atoms with Crippen LogP contribution < -0.4 is 0 Å². The van der Waals surface area contributed by atoms with E-state index in [2.05, 4.69) is 11.1 Å². The minimum atomic E-state index is -0.342. The summed E-state index contributed by atoms with van der Waals surface area (Å²) in [6, 6.07) is 7.80. The lowest BCUT2D eigenvalue weighted by atomic mass is 9.67. The van der Waals surface area contributed by atoms with Crippen molar-refractivity contribution in [1.82, 2.24) is 4.98 Å². The Morgan fingerprint density at radius 2 is 2.23 bits per heavy atom. The molecule has 0 unspecified atom stereocenters. The number of hydrogen-bond acceptors (Lipinski definition) is 2. The molecule has 2 rings (SSSR count). The normalized spacial score (nSPS) is 18.8. The smallest absolute Gasteiger partial charge is 0.129 e. The lowest BCUT2D eigenvalue weighted by Crippen LogP contribution is -2.33. The Morgan fingerprint density at radius 1 is 1.46 bits per heavy atom. The molecule has 0 saturated heterocycles. The quantitative estimate of drug-likeness (QED) is 0.642. The Hall–Kier alpha value is -1.07. The summed E-state index contributed by atoms with van der Waals surface area (Å²) in [6.45, 7) is 0. The van der Waals surface area contributed by atoms with Crippen LogP contribution in [0.4, 0.5) is 0 Å². The van der Waals surface area contributed by atoms with Gasteiger partial charge in [0.05, 0.1) is 17.2 Å². The van der Waals surface area contributed by atoms with Crippen LogP contribution in [-0.4, -0.2) is 4.98 Å². The van der Waals surface area contributed by atoms with Gasteiger partial charge in [-0.1, -0.05) is 17.7 Å². The summed E-state index contributed by atoms with van der Waals surface area (Å²) in [7, 11) is 0. The van der Waals surface area contributed by atoms with Gasteiger partial charge in [-0.3, -0.25) is 0 Å². The summed E-state index contributed by atoms with van der Waals surface area (Å²) in [6.07, 6.45) is 2.94. The molecule has 0 spiro atoms. The van der Waals surface area contributed by atoms with Crippen LogP contribution in [0.2, 0.25) is 5.15 Å². The highest BCUT2D eigenvalue weighted by atomic mass is 35.5. The molecule has 0 amide bonds. The third-order valence-electron chi connectivity index (χ3n) is 2.63. The summed E-state index contributed by atoms with van der Waals surface area (Å²) >= 11 is 5.77. The topological polar surface area (TPSA) is 36.7 Å². The van der Waals surface area contributed by atoms with Crippen molar-refractivity contribution in [3.05, 3.63) is 29.0 Å². The van der Waals surface area contributed by atoms with E-state index in [9.17, 15) is 0 Å². The number of halogens is 1. The molecule has 13 heavy (non-hydrogen) atoms. The molecule has 1 fully saturated rings. The number of hydrogen-bond donors (Lipinski definition) is 0. The van der Waals surface area contributed by atoms with Crippen LogP contribution in [0.3, 0.4) is 0 Å². The second-order valence-electron chi connectivity index (χ2n) is 3.39. The zero-order valence-electron chi connectivity index (χ0n) is 7.13. The van der Waals surface area contributed by atoms with Crippen molar-refractivity contribution in [2.24, 2.45) is 0 Å². The Morgan fingerprint density at radius 3 is 2.69 bits per heavy atom. The SMILES string of the molecule is N#CC1(c2cccc(Cl)n2)CCC1. The molecule has 0 N–H and O–H groups in total. The van der Waals surface area contributed by atoms with Gasteiger partial charge in [0.15, 0.2) is 0 Å². The van der Waals surface area contributed by atoms with E-state index in [-0.39, 0.29) is 5.41 Å². The second kappa shape index (κ2) is 3.01. The van der Waals surface area contributed by atoms with Crippen molar-refractivity contribution in [3.63, 3.8) is 0 Å². The van der Waals surface area contributed by atoms with Crippen LogP contribution in [-0.2, 0) is 5.41 Å². The summed E-state index contributed by atoms with van der Waals surface area (Å²) < 4.78 is 0. The summed E-state index contributed by atoms with van der Waals surface area (Å²) in [5.74, 6) is 0. The van der Waals surface area contributed by atoms with Crippen molar-refractivity contribution in [1.29, 1.82) is 5.26 Å². The maximum absolute atomic E-state index is 9.05. The van der Waals surface area contributed by atoms with E-state index in [1.807, 2.05) is 12.1 Å². The molecule has 1 aromatic heterocycles. The van der Waals surface area contributed by atoms with Gasteiger partial charge in [0.25, 0.3) is 0 Å². The summed E-state index contributed by atoms with van der Waals surface area (Å²) in [4.78, 5) is 4.18. The van der Waals surface area contributed by atoms with E-state index in [1.54, 1.807) is 6.07 Å². The first-order valence-electron chi connectivity index (χ1n) is 4.31. The van der Waals surface area contributed by atoms with Crippen molar-refractivity contribution < 1.29 is 0 Å². The molecule has 3 heteroatoms. The zero-order chi connectivity index (χ0) is 9.31. The van der Waals surface area contributed by atoms with Crippen LogP contribution in [0.5, 0.6) is 0 Å². The third kappa shape index (κ3) is 1.30. The van der Waals surface area contributed by atoms with Gasteiger partial charge >= 0.3 is 0 Å². The fourth-order valence-electron chi connectivity index (χ4n) is 1.63. The van der Waals surface area contributed by atoms with Crippen molar-refractivity contribution in [2.75, 3.05) is 0 Å². The first-order valence-corrected chi connectivity index (χ1v) is 4.69. The predicted octanol–water partition coefficient (Wildman–Crippen LogP) is 2.68. The second-order valence-corrected chi connectivity index (χ2v) is 3.78. The molecule has 0 radical (unpaired) electrons. The third-order valence-corrected chi connectivity index (χ3v) is 2.84. The average Bonchev–Trinajstić information content (AvgIpc) is 2.03. The monoisotopic (exact) mass is 192 g/mol. The maximum atomic E-state index is 9.05. The van der Waals surface area contributed by atoms with E-state index in [0.717, 1.165) is 25.0 Å². The minimum absolute atomic E-state index is 0.342. The first kappa shape index (κ1) is 8.52. The highest BCUT2D eigenvalue weighted by Gasteiger charge is 2.40. The van der Waals surface area contributed by atoms with E-state index < -0.39 is 0 Å². The largest absolute Gasteiger partial charge is 0.239 e. The van der Waals surface area contributed by atoms with Crippen LogP contribution in [0.25, 0.3) is 0 Å². The lowest BCUT2D eigenvalue weighted by Gasteiger charge is -2.34. The van der Waals surface area contributed by atoms with Gasteiger partial charge in [-0.15, -0.1) is 0 Å². The standard InChI is InChI=1S/C10H9ClN2/c11-9-4-1-3-8(13-9)10(7-12)5-2-6-10/h1,3-4H,2,5-6H2. The number of pyridine rings is 1. The fraction of sp³-hybridized carbons (Fsp3) is 0.400. The van der Waals surface area contributed by atoms with Crippen LogP contribution in [0, 0.1) is 11.3 Å². The molecule has 1 saturated carbocycles. The Kier molecular flexibility index (Phi) is 1.97. The maximum Gasteiger partial charge on any atom is 0.129 e. The van der Waals surface area contributed by atoms with E-state index in [4.69, 9.17) is 16.9 Å². The number of nitriles is 1. The summed E-state index contributed by atoms with van der Waals surface area (Å²) in [5, 5.41) is 9.52. The Labute approximate surface area is 82.2 Å². The lowest BCUT2D eigenvalue weighted by molar-refractivity contribution is 0.316. The Bertz CT molecular complexity index is 363. The molecule has 0 bridgehead atoms. The van der Waals surface area contributed by atoms with Gasteiger partial charge in [-0.05, 0) is 31.4 Å². The van der Waals surface area contributed by atoms with Gasteiger partial charge in [0, 0.05) is 0 Å². The van der Waals surface area contributed by atoms with Crippen molar-refractivity contribution >= 4 is 11.6 Å². The van der Waals surface area contributed by atoms with Crippen LogP contribution in [0.1, 0.15) is 25.0 Å². The van der Waals surface area contributed by atoms with Crippen LogP contribution in [0.15, 0.2) is 18.2 Å². The first-order chi connectivity index (χ1) is 6.27. The highest BCUT2D eigenvalue weighted by molar-refractivity contribution is 6.29. The van der Waals surface area contributed by atoms with Gasteiger partial charge in [0.1, 0.15) is 5.15 Å². The van der Waals surface area contributed by atoms with Gasteiger partial charge in [-0.2, -0.15) is 5.26 Å². The molecule has 1 aliphatic carbocycles. The van der Waals surface area contributed by atoms with E-state index in [0.29, 0.717) is 5.15 Å².